The second-order valence-electron chi connectivity index (χ2n) is 5.91. The van der Waals surface area contributed by atoms with Gasteiger partial charge < -0.3 is 20.4 Å². The number of aliphatic carboxylic acids is 1. The quantitative estimate of drug-likeness (QED) is 0.707. The number of carboxylic acids is 1. The molecule has 1 saturated heterocycles. The summed E-state index contributed by atoms with van der Waals surface area (Å²) < 4.78 is 0. The highest BCUT2D eigenvalue weighted by Gasteiger charge is 2.41. The number of urea groups is 1. The maximum Gasteiger partial charge on any atom is 0.317 e. The first-order chi connectivity index (χ1) is 8.92. The predicted octanol–water partition coefficient (Wildman–Crippen LogP) is 0.796. The molecule has 1 aliphatic carbocycles. The lowest BCUT2D eigenvalue weighted by molar-refractivity contribution is -0.139. The van der Waals surface area contributed by atoms with E-state index in [1.165, 1.54) is 0 Å². The minimum absolute atomic E-state index is 0.0223. The molecule has 1 saturated carbocycles. The van der Waals surface area contributed by atoms with Crippen molar-refractivity contribution in [2.75, 3.05) is 13.1 Å². The zero-order valence-corrected chi connectivity index (χ0v) is 11.3. The molecule has 2 aliphatic rings. The molecule has 2 amide bonds. The summed E-state index contributed by atoms with van der Waals surface area (Å²) in [5.41, 5.74) is -0.572. The molecule has 0 aromatic carbocycles. The van der Waals surface area contributed by atoms with Gasteiger partial charge in [-0.2, -0.15) is 0 Å². The number of carbonyl (C=O) groups is 2. The Labute approximate surface area is 112 Å². The number of likely N-dealkylation sites (tertiary alicyclic amines) is 1. The van der Waals surface area contributed by atoms with Crippen molar-refractivity contribution < 1.29 is 19.8 Å². The number of hydrogen-bond acceptors (Lipinski definition) is 3. The van der Waals surface area contributed by atoms with E-state index >= 15 is 0 Å². The zero-order chi connectivity index (χ0) is 14.0. The molecule has 2 atom stereocenters. The number of amides is 2. The SMILES string of the molecule is CC1CCN(C(=O)NC2(CC(=O)O)CCC2)CC1O. The van der Waals surface area contributed by atoms with E-state index in [2.05, 4.69) is 5.32 Å². The molecule has 0 aromatic rings. The first-order valence-electron chi connectivity index (χ1n) is 6.89. The highest BCUT2D eigenvalue weighted by molar-refractivity contribution is 5.77. The Morgan fingerprint density at radius 2 is 2.11 bits per heavy atom. The Balaban J connectivity index is 1.91. The van der Waals surface area contributed by atoms with Crippen molar-refractivity contribution in [1.29, 1.82) is 0 Å². The molecular weight excluding hydrogens is 248 g/mol. The lowest BCUT2D eigenvalue weighted by atomic mass is 9.74. The number of nitrogens with one attached hydrogen (secondary N) is 1. The van der Waals surface area contributed by atoms with Crippen molar-refractivity contribution in [1.82, 2.24) is 10.2 Å². The smallest absolute Gasteiger partial charge is 0.317 e. The van der Waals surface area contributed by atoms with E-state index in [-0.39, 0.29) is 18.4 Å². The predicted molar refractivity (Wildman–Crippen MR) is 68.7 cm³/mol. The van der Waals surface area contributed by atoms with Crippen LogP contribution in [0.1, 0.15) is 39.0 Å². The topological polar surface area (TPSA) is 89.9 Å². The second kappa shape index (κ2) is 5.36. The highest BCUT2D eigenvalue weighted by atomic mass is 16.4. The third-order valence-corrected chi connectivity index (χ3v) is 4.38. The summed E-state index contributed by atoms with van der Waals surface area (Å²) >= 11 is 0. The van der Waals surface area contributed by atoms with Crippen LogP contribution in [-0.4, -0.2) is 51.8 Å². The number of carbonyl (C=O) groups excluding carboxylic acids is 1. The van der Waals surface area contributed by atoms with Crippen molar-refractivity contribution in [2.45, 2.75) is 50.7 Å². The molecule has 0 spiro atoms. The Bertz CT molecular complexity index is 368. The number of β-amino-alcohol motifs (C(OH)–C–C–N with tert-alkyl or cyclic N) is 1. The molecule has 2 unspecified atom stereocenters. The lowest BCUT2D eigenvalue weighted by Gasteiger charge is -2.44. The van der Waals surface area contributed by atoms with E-state index in [9.17, 15) is 14.7 Å². The molecule has 6 heteroatoms. The molecular formula is C13H22N2O4. The van der Waals surface area contributed by atoms with Crippen LogP contribution in [0, 0.1) is 5.92 Å². The first-order valence-corrected chi connectivity index (χ1v) is 6.89. The first kappa shape index (κ1) is 14.1. The normalized spacial score (nSPS) is 29.5. The third kappa shape index (κ3) is 3.18. The van der Waals surface area contributed by atoms with E-state index in [4.69, 9.17) is 5.11 Å². The van der Waals surface area contributed by atoms with Gasteiger partial charge in [-0.3, -0.25) is 4.79 Å². The maximum atomic E-state index is 12.2. The largest absolute Gasteiger partial charge is 0.481 e. The summed E-state index contributed by atoms with van der Waals surface area (Å²) in [6, 6.07) is -0.244. The summed E-state index contributed by atoms with van der Waals surface area (Å²) in [4.78, 5) is 24.6. The monoisotopic (exact) mass is 270 g/mol. The van der Waals surface area contributed by atoms with Crippen LogP contribution in [0.3, 0.4) is 0 Å². The Hall–Kier alpha value is -1.30. The Kier molecular flexibility index (Phi) is 3.99. The summed E-state index contributed by atoms with van der Waals surface area (Å²) in [7, 11) is 0. The van der Waals surface area contributed by atoms with Crippen LogP contribution in [0.2, 0.25) is 0 Å². The second-order valence-corrected chi connectivity index (χ2v) is 5.91. The van der Waals surface area contributed by atoms with Gasteiger partial charge in [0, 0.05) is 13.1 Å². The minimum Gasteiger partial charge on any atom is -0.481 e. The zero-order valence-electron chi connectivity index (χ0n) is 11.3. The average molecular weight is 270 g/mol. The molecule has 1 aliphatic heterocycles. The standard InChI is InChI=1S/C13H22N2O4/c1-9-3-6-15(8-10(9)16)12(19)14-13(4-2-5-13)7-11(17)18/h9-10,16H,2-8H2,1H3,(H,14,19)(H,17,18). The van der Waals surface area contributed by atoms with E-state index in [0.29, 0.717) is 13.1 Å². The molecule has 2 rings (SSSR count). The summed E-state index contributed by atoms with van der Waals surface area (Å²) in [5.74, 6) is -0.673. The Morgan fingerprint density at radius 3 is 2.58 bits per heavy atom. The lowest BCUT2D eigenvalue weighted by Crippen LogP contribution is -2.60. The van der Waals surface area contributed by atoms with Crippen molar-refractivity contribution >= 4 is 12.0 Å². The maximum absolute atomic E-state index is 12.2. The molecule has 0 aromatic heterocycles. The van der Waals surface area contributed by atoms with Crippen LogP contribution in [-0.2, 0) is 4.79 Å². The molecule has 3 N–H and O–H groups in total. The molecule has 1 heterocycles. The fourth-order valence-corrected chi connectivity index (χ4v) is 2.78. The van der Waals surface area contributed by atoms with Gasteiger partial charge in [0.2, 0.25) is 0 Å². The van der Waals surface area contributed by atoms with Gasteiger partial charge in [-0.15, -0.1) is 0 Å². The number of aliphatic hydroxyl groups excluding tert-OH is 1. The fourth-order valence-electron chi connectivity index (χ4n) is 2.78. The van der Waals surface area contributed by atoms with E-state index < -0.39 is 17.6 Å². The van der Waals surface area contributed by atoms with Crippen LogP contribution < -0.4 is 5.32 Å². The van der Waals surface area contributed by atoms with Crippen molar-refractivity contribution in [3.8, 4) is 0 Å². The van der Waals surface area contributed by atoms with Gasteiger partial charge >= 0.3 is 12.0 Å². The van der Waals surface area contributed by atoms with E-state index in [1.807, 2.05) is 6.92 Å². The molecule has 6 nitrogen and oxygen atoms in total. The van der Waals surface area contributed by atoms with Gasteiger partial charge in [0.25, 0.3) is 0 Å². The van der Waals surface area contributed by atoms with Crippen LogP contribution in [0.15, 0.2) is 0 Å². The minimum atomic E-state index is -0.882. The number of carboxylic acid groups (broad SMARTS) is 1. The number of aliphatic hydroxyl groups is 1. The van der Waals surface area contributed by atoms with Crippen LogP contribution in [0.4, 0.5) is 4.79 Å². The van der Waals surface area contributed by atoms with Gasteiger partial charge in [0.05, 0.1) is 18.1 Å². The van der Waals surface area contributed by atoms with Gasteiger partial charge in [0.15, 0.2) is 0 Å². The van der Waals surface area contributed by atoms with Crippen molar-refractivity contribution in [3.05, 3.63) is 0 Å². The van der Waals surface area contributed by atoms with Crippen LogP contribution >= 0.6 is 0 Å². The fraction of sp³-hybridized carbons (Fsp3) is 0.846. The molecule has 2 fully saturated rings. The van der Waals surface area contributed by atoms with Crippen molar-refractivity contribution in [2.24, 2.45) is 5.92 Å². The van der Waals surface area contributed by atoms with Gasteiger partial charge in [-0.25, -0.2) is 4.79 Å². The Morgan fingerprint density at radius 1 is 1.42 bits per heavy atom. The average Bonchev–Trinajstić information content (AvgIpc) is 2.29. The summed E-state index contributed by atoms with van der Waals surface area (Å²) in [6.07, 6.45) is 2.66. The number of nitrogens with zero attached hydrogens (tertiary/aromatic N) is 1. The molecule has 108 valence electrons. The third-order valence-electron chi connectivity index (χ3n) is 4.38. The van der Waals surface area contributed by atoms with Gasteiger partial charge in [0.1, 0.15) is 0 Å². The number of rotatable bonds is 3. The number of piperidine rings is 1. The van der Waals surface area contributed by atoms with E-state index in [1.54, 1.807) is 4.90 Å². The molecule has 0 radical (unpaired) electrons. The molecule has 0 bridgehead atoms. The molecule has 19 heavy (non-hydrogen) atoms. The van der Waals surface area contributed by atoms with E-state index in [0.717, 1.165) is 25.7 Å². The summed E-state index contributed by atoms with van der Waals surface area (Å²) in [5, 5.41) is 21.6. The summed E-state index contributed by atoms with van der Waals surface area (Å²) in [6.45, 7) is 2.92. The highest BCUT2D eigenvalue weighted by Crippen LogP contribution is 2.35. The van der Waals surface area contributed by atoms with Crippen LogP contribution in [0.25, 0.3) is 0 Å². The van der Waals surface area contributed by atoms with Gasteiger partial charge in [-0.1, -0.05) is 6.92 Å². The van der Waals surface area contributed by atoms with Gasteiger partial charge in [-0.05, 0) is 31.6 Å². The van der Waals surface area contributed by atoms with Crippen LogP contribution in [0.5, 0.6) is 0 Å². The van der Waals surface area contributed by atoms with Crippen molar-refractivity contribution in [3.63, 3.8) is 0 Å². The number of hydrogen-bond donors (Lipinski definition) is 3.